The van der Waals surface area contributed by atoms with Crippen LogP contribution in [0, 0.1) is 0 Å². The minimum Gasteiger partial charge on any atom is -0.478 e. The Balaban J connectivity index is 1.40. The van der Waals surface area contributed by atoms with Gasteiger partial charge in [-0.25, -0.2) is 4.79 Å². The van der Waals surface area contributed by atoms with Crippen molar-refractivity contribution in [1.29, 1.82) is 0 Å². The van der Waals surface area contributed by atoms with Gasteiger partial charge < -0.3 is 21.1 Å². The Morgan fingerprint density at radius 1 is 0.556 bits per heavy atom. The molecule has 14 nitrogen and oxygen atoms in total. The van der Waals surface area contributed by atoms with Crippen molar-refractivity contribution < 1.29 is 50.2 Å². The van der Waals surface area contributed by atoms with Gasteiger partial charge >= 0.3 is 5.97 Å². The molecule has 0 unspecified atom stereocenters. The second-order valence-corrected chi connectivity index (χ2v) is 15.3. The first-order valence-electron chi connectivity index (χ1n) is 15.2. The van der Waals surface area contributed by atoms with Crippen molar-refractivity contribution in [2.24, 2.45) is 0 Å². The summed E-state index contributed by atoms with van der Waals surface area (Å²) in [6, 6.07) is 22.5. The van der Waals surface area contributed by atoms with Gasteiger partial charge in [0.1, 0.15) is 0 Å². The molecular formula is C36H23Cl2N3O11S2. The van der Waals surface area contributed by atoms with Gasteiger partial charge in [-0.05, 0) is 77.5 Å². The van der Waals surface area contributed by atoms with Crippen molar-refractivity contribution in [2.45, 2.75) is 9.79 Å². The fourth-order valence-corrected chi connectivity index (χ4v) is 7.19. The number of carbonyl (C=O) groups excluding carboxylic acids is 3. The number of nitrogens with one attached hydrogen (secondary N) is 3. The normalized spacial score (nSPS) is 11.6. The molecule has 0 heterocycles. The van der Waals surface area contributed by atoms with Gasteiger partial charge in [0.05, 0.1) is 25.9 Å². The summed E-state index contributed by atoms with van der Waals surface area (Å²) >= 11 is 12.2. The maximum absolute atomic E-state index is 13.8. The lowest BCUT2D eigenvalue weighted by Crippen LogP contribution is -2.20. The molecule has 0 aliphatic rings. The largest absolute Gasteiger partial charge is 0.478 e. The number of hydrogen-bond donors (Lipinski definition) is 6. The lowest BCUT2D eigenvalue weighted by Gasteiger charge is -2.15. The van der Waals surface area contributed by atoms with Crippen LogP contribution in [0.25, 0.3) is 21.5 Å². The first-order valence-corrected chi connectivity index (χ1v) is 18.8. The number of rotatable bonds is 9. The predicted molar refractivity (Wildman–Crippen MR) is 201 cm³/mol. The van der Waals surface area contributed by atoms with Crippen molar-refractivity contribution >= 4 is 106 Å². The molecule has 0 spiro atoms. The van der Waals surface area contributed by atoms with Crippen LogP contribution in [0.2, 0.25) is 10.0 Å². The van der Waals surface area contributed by atoms with E-state index in [9.17, 15) is 50.2 Å². The minimum atomic E-state index is -4.52. The van der Waals surface area contributed by atoms with Crippen molar-refractivity contribution in [3.63, 3.8) is 0 Å². The molecule has 6 aromatic carbocycles. The topological polar surface area (TPSA) is 233 Å². The van der Waals surface area contributed by atoms with Gasteiger partial charge in [-0.15, -0.1) is 0 Å². The van der Waals surface area contributed by atoms with Crippen molar-refractivity contribution in [3.05, 3.63) is 135 Å². The maximum Gasteiger partial charge on any atom is 0.336 e. The Hall–Kier alpha value is -5.88. The average molecular weight is 809 g/mol. The first kappa shape index (κ1) is 37.9. The summed E-state index contributed by atoms with van der Waals surface area (Å²) in [7, 11) is -9.04. The second kappa shape index (κ2) is 14.5. The number of aromatic carboxylic acids is 1. The fourth-order valence-electron chi connectivity index (χ4n) is 5.58. The molecule has 6 N–H and O–H groups in total. The Kier molecular flexibility index (Phi) is 10.2. The number of carboxylic acids is 1. The van der Waals surface area contributed by atoms with Crippen molar-refractivity contribution in [3.8, 4) is 0 Å². The summed E-state index contributed by atoms with van der Waals surface area (Å²) in [5.74, 6) is -4.09. The molecule has 274 valence electrons. The molecule has 3 amide bonds. The monoisotopic (exact) mass is 807 g/mol. The highest BCUT2D eigenvalue weighted by atomic mass is 35.5. The van der Waals surface area contributed by atoms with Gasteiger partial charge in [-0.2, -0.15) is 16.8 Å². The van der Waals surface area contributed by atoms with E-state index in [1.54, 1.807) is 12.1 Å². The van der Waals surface area contributed by atoms with Crippen LogP contribution in [0.1, 0.15) is 41.4 Å². The molecule has 0 bridgehead atoms. The highest BCUT2D eigenvalue weighted by Crippen LogP contribution is 2.30. The summed E-state index contributed by atoms with van der Waals surface area (Å²) in [6.45, 7) is 0. The van der Waals surface area contributed by atoms with E-state index in [1.165, 1.54) is 72.8 Å². The number of amides is 3. The molecule has 0 fully saturated rings. The van der Waals surface area contributed by atoms with Gasteiger partial charge in [0.25, 0.3) is 38.0 Å². The quantitative estimate of drug-likeness (QED) is 0.0796. The summed E-state index contributed by atoms with van der Waals surface area (Å²) in [6.07, 6.45) is 0. The number of halogens is 2. The van der Waals surface area contributed by atoms with Crippen LogP contribution in [0.5, 0.6) is 0 Å². The van der Waals surface area contributed by atoms with Crippen LogP contribution in [-0.2, 0) is 20.2 Å². The second-order valence-electron chi connectivity index (χ2n) is 11.6. The van der Waals surface area contributed by atoms with E-state index >= 15 is 0 Å². The van der Waals surface area contributed by atoms with E-state index < -0.39 is 55.1 Å². The minimum absolute atomic E-state index is 0.0446. The molecule has 0 saturated carbocycles. The highest BCUT2D eigenvalue weighted by molar-refractivity contribution is 7.86. The number of anilines is 3. The van der Waals surface area contributed by atoms with E-state index in [0.717, 1.165) is 18.2 Å². The van der Waals surface area contributed by atoms with E-state index in [1.807, 2.05) is 0 Å². The zero-order valence-electron chi connectivity index (χ0n) is 27.0. The fraction of sp³-hybridized carbons (Fsp3) is 0. The molecule has 0 atom stereocenters. The van der Waals surface area contributed by atoms with Crippen LogP contribution in [-0.4, -0.2) is 54.7 Å². The summed E-state index contributed by atoms with van der Waals surface area (Å²) in [5.41, 5.74) is -0.987. The standard InChI is InChI=1S/C36H23Cl2N3O11S2/c37-22-16-28(36(45)46)32(29(38)17-22)35(44)39-23-12-20(33(42)40-30-5-1-3-18-14-24(53(47,48)49)7-9-26(18)30)11-21(13-23)34(43)41-31-6-2-4-19-15-25(54(50,51)52)8-10-27(19)31/h1-17H,(H,39,44)(H,40,42)(H,41,43)(H,45,46)(H,47,48,49)(H,50,51,52). The third kappa shape index (κ3) is 8.03. The van der Waals surface area contributed by atoms with Crippen molar-refractivity contribution in [2.75, 3.05) is 16.0 Å². The van der Waals surface area contributed by atoms with E-state index in [2.05, 4.69) is 16.0 Å². The zero-order chi connectivity index (χ0) is 39.1. The SMILES string of the molecule is O=C(Nc1cccc2cc(S(=O)(=O)O)ccc12)c1cc(NC(=O)c2c(Cl)cc(Cl)cc2C(=O)O)cc(C(=O)Nc2cccc3cc(S(=O)(=O)O)ccc23)c1. The molecule has 54 heavy (non-hydrogen) atoms. The number of fused-ring (bicyclic) bond motifs is 2. The van der Waals surface area contributed by atoms with E-state index in [4.69, 9.17) is 23.2 Å². The van der Waals surface area contributed by atoms with E-state index in [-0.39, 0.29) is 48.0 Å². The Morgan fingerprint density at radius 2 is 1.04 bits per heavy atom. The summed E-state index contributed by atoms with van der Waals surface area (Å²) in [4.78, 5) is 52.2. The molecule has 6 rings (SSSR count). The molecule has 0 radical (unpaired) electrons. The van der Waals surface area contributed by atoms with E-state index in [0.29, 0.717) is 21.5 Å². The first-order chi connectivity index (χ1) is 25.4. The van der Waals surface area contributed by atoms with Crippen molar-refractivity contribution in [1.82, 2.24) is 0 Å². The maximum atomic E-state index is 13.8. The van der Waals surface area contributed by atoms with Crippen LogP contribution in [0.3, 0.4) is 0 Å². The van der Waals surface area contributed by atoms with Gasteiger partial charge in [0, 0.05) is 44.0 Å². The lowest BCUT2D eigenvalue weighted by molar-refractivity contribution is 0.0692. The van der Waals surface area contributed by atoms with Gasteiger partial charge in [0.2, 0.25) is 0 Å². The Labute approximate surface area is 315 Å². The lowest BCUT2D eigenvalue weighted by atomic mass is 10.0. The number of hydrogen-bond acceptors (Lipinski definition) is 8. The number of benzene rings is 6. The Bertz CT molecular complexity index is 2680. The van der Waals surface area contributed by atoms with Crippen LogP contribution >= 0.6 is 23.2 Å². The van der Waals surface area contributed by atoms with Crippen LogP contribution in [0.4, 0.5) is 17.1 Å². The predicted octanol–water partition coefficient (Wildman–Crippen LogP) is 7.25. The molecule has 0 aliphatic carbocycles. The van der Waals surface area contributed by atoms with Gasteiger partial charge in [-0.3, -0.25) is 23.5 Å². The molecule has 6 aromatic rings. The Morgan fingerprint density at radius 3 is 1.48 bits per heavy atom. The third-order valence-electron chi connectivity index (χ3n) is 8.02. The molecule has 18 heteroatoms. The molecule has 0 aliphatic heterocycles. The third-order valence-corrected chi connectivity index (χ3v) is 10.2. The van der Waals surface area contributed by atoms with Gasteiger partial charge in [-0.1, -0.05) is 59.6 Å². The number of carbonyl (C=O) groups is 4. The van der Waals surface area contributed by atoms with Crippen LogP contribution < -0.4 is 16.0 Å². The molecular weight excluding hydrogens is 785 g/mol. The smallest absolute Gasteiger partial charge is 0.336 e. The average Bonchev–Trinajstić information content (AvgIpc) is 3.10. The number of carboxylic acid groups (broad SMARTS) is 1. The highest BCUT2D eigenvalue weighted by Gasteiger charge is 2.23. The molecule has 0 aromatic heterocycles. The zero-order valence-corrected chi connectivity index (χ0v) is 30.1. The van der Waals surface area contributed by atoms with Crippen LogP contribution in [0.15, 0.2) is 113 Å². The summed E-state index contributed by atoms with van der Waals surface area (Å²) < 4.78 is 65.6. The summed E-state index contributed by atoms with van der Waals surface area (Å²) in [5, 5.41) is 18.8. The molecule has 0 saturated heterocycles. The van der Waals surface area contributed by atoms with Gasteiger partial charge in [0.15, 0.2) is 0 Å².